The van der Waals surface area contributed by atoms with Crippen LogP contribution in [0.25, 0.3) is 21.0 Å². The molecule has 3 atom stereocenters. The number of aliphatic hydroxyl groups excluding tert-OH is 1. The molecule has 1 aliphatic rings. The minimum atomic E-state index is -1.82. The second-order valence-electron chi connectivity index (χ2n) is 9.17. The normalized spacial score (nSPS) is 18.8. The number of carbonyl (C=O) groups is 2. The fraction of sp³-hybridized carbons (Fsp3) is 0.333. The summed E-state index contributed by atoms with van der Waals surface area (Å²) in [6.45, 7) is 4.20. The molecule has 1 aliphatic heterocycles. The molecule has 2 aromatic carbocycles. The maximum atomic E-state index is 10.6. The lowest BCUT2D eigenvalue weighted by molar-refractivity contribution is -0.159. The lowest BCUT2D eigenvalue weighted by atomic mass is 9.90. The van der Waals surface area contributed by atoms with Gasteiger partial charge in [0.15, 0.2) is 0 Å². The van der Waals surface area contributed by atoms with E-state index in [0.29, 0.717) is 25.1 Å². The number of fused-ring (bicyclic) bond motifs is 2. The third kappa shape index (κ3) is 6.81. The largest absolute Gasteiger partial charge is 0.490 e. The number of aromatic amines is 1. The van der Waals surface area contributed by atoms with Gasteiger partial charge in [0.05, 0.1) is 0 Å². The molecule has 0 aliphatic carbocycles. The van der Waals surface area contributed by atoms with Gasteiger partial charge >= 0.3 is 11.9 Å². The number of carboxylic acids is 2. The van der Waals surface area contributed by atoms with Gasteiger partial charge in [-0.15, -0.1) is 11.3 Å². The standard InChI is InChI=1S/C25H27ClN2O2S.C2H2O4/c1-16-11-18(24-12-17-5-6-19(26)13-25(17)31-24)8-10-28(16)14-20(29)15-30-23-4-2-3-22-21(23)7-9-27-22;3-1(4)2(5)6/h2-7,9,12-13,16,18,20,27,29H,8,10-11,14-15H2,1H3;(H,3,4)(H,5,6)/t16-,18+,20+;/m1./s1. The van der Waals surface area contributed by atoms with E-state index in [1.165, 1.54) is 15.0 Å². The monoisotopic (exact) mass is 544 g/mol. The molecule has 4 N–H and O–H groups in total. The number of nitrogens with zero attached hydrogens (tertiary/aromatic N) is 1. The summed E-state index contributed by atoms with van der Waals surface area (Å²) in [5.74, 6) is -2.26. The summed E-state index contributed by atoms with van der Waals surface area (Å²) in [5.41, 5.74) is 1.05. The fourth-order valence-electron chi connectivity index (χ4n) is 4.67. The summed E-state index contributed by atoms with van der Waals surface area (Å²) in [7, 11) is 0. The van der Waals surface area contributed by atoms with Crippen molar-refractivity contribution in [3.8, 4) is 5.75 Å². The first-order chi connectivity index (χ1) is 17.7. The maximum absolute atomic E-state index is 10.6. The average molecular weight is 545 g/mol. The minimum absolute atomic E-state index is 0.300. The van der Waals surface area contributed by atoms with E-state index in [2.05, 4.69) is 35.0 Å². The third-order valence-electron chi connectivity index (χ3n) is 6.53. The zero-order valence-electron chi connectivity index (χ0n) is 20.3. The van der Waals surface area contributed by atoms with E-state index in [-0.39, 0.29) is 0 Å². The maximum Gasteiger partial charge on any atom is 0.414 e. The van der Waals surface area contributed by atoms with Gasteiger partial charge in [0, 0.05) is 44.3 Å². The van der Waals surface area contributed by atoms with Crippen LogP contribution in [0, 0.1) is 0 Å². The lowest BCUT2D eigenvalue weighted by Crippen LogP contribution is -2.45. The van der Waals surface area contributed by atoms with E-state index in [1.807, 2.05) is 47.9 Å². The highest BCUT2D eigenvalue weighted by Crippen LogP contribution is 2.39. The van der Waals surface area contributed by atoms with Gasteiger partial charge in [-0.05, 0) is 74.0 Å². The number of aliphatic carboxylic acids is 2. The molecular weight excluding hydrogens is 516 g/mol. The van der Waals surface area contributed by atoms with Gasteiger partial charge in [-0.3, -0.25) is 4.90 Å². The molecule has 0 saturated carbocycles. The molecule has 0 unspecified atom stereocenters. The molecule has 196 valence electrons. The fourth-order valence-corrected chi connectivity index (χ4v) is 6.16. The van der Waals surface area contributed by atoms with E-state index in [4.69, 9.17) is 36.1 Å². The van der Waals surface area contributed by atoms with E-state index < -0.39 is 18.0 Å². The molecule has 4 aromatic rings. The second-order valence-corrected chi connectivity index (χ2v) is 10.7. The quantitative estimate of drug-likeness (QED) is 0.246. The van der Waals surface area contributed by atoms with E-state index >= 15 is 0 Å². The summed E-state index contributed by atoms with van der Waals surface area (Å²) in [6.07, 6.45) is 3.61. The Kier molecular flexibility index (Phi) is 8.71. The highest BCUT2D eigenvalue weighted by Gasteiger charge is 2.28. The Morgan fingerprint density at radius 1 is 1.19 bits per heavy atom. The number of halogens is 1. The SMILES string of the molecule is C[C@@H]1C[C@@H](c2cc3ccc(Cl)cc3s2)CCN1C[C@H](O)COc1cccc2[nH]ccc12.O=C(O)C(=O)O. The number of thiophene rings is 1. The molecule has 0 bridgehead atoms. The van der Waals surface area contributed by atoms with Gasteiger partial charge in [0.25, 0.3) is 0 Å². The van der Waals surface area contributed by atoms with Crippen molar-refractivity contribution in [1.29, 1.82) is 0 Å². The van der Waals surface area contributed by atoms with Crippen LogP contribution in [0.1, 0.15) is 30.6 Å². The Morgan fingerprint density at radius 2 is 1.97 bits per heavy atom. The molecule has 8 nitrogen and oxygen atoms in total. The second kappa shape index (κ2) is 12.0. The predicted molar refractivity (Wildman–Crippen MR) is 145 cm³/mol. The number of nitrogens with one attached hydrogen (secondary N) is 1. The molecule has 37 heavy (non-hydrogen) atoms. The number of likely N-dealkylation sites (tertiary alicyclic amines) is 1. The smallest absolute Gasteiger partial charge is 0.414 e. The summed E-state index contributed by atoms with van der Waals surface area (Å²) in [4.78, 5) is 25.2. The van der Waals surface area contributed by atoms with Gasteiger partial charge in [-0.25, -0.2) is 9.59 Å². The van der Waals surface area contributed by atoms with Crippen molar-refractivity contribution in [3.63, 3.8) is 0 Å². The molecule has 10 heteroatoms. The summed E-state index contributed by atoms with van der Waals surface area (Å²) < 4.78 is 7.21. The molecule has 1 fully saturated rings. The molecular formula is C27H29ClN2O6S. The van der Waals surface area contributed by atoms with Crippen molar-refractivity contribution >= 4 is 55.9 Å². The summed E-state index contributed by atoms with van der Waals surface area (Å²) >= 11 is 8.02. The number of carboxylic acid groups (broad SMARTS) is 2. The molecule has 5 rings (SSSR count). The zero-order valence-corrected chi connectivity index (χ0v) is 21.8. The van der Waals surface area contributed by atoms with Crippen LogP contribution in [0.3, 0.4) is 0 Å². The van der Waals surface area contributed by atoms with Crippen molar-refractivity contribution in [1.82, 2.24) is 9.88 Å². The van der Waals surface area contributed by atoms with Gasteiger partial charge in [0.1, 0.15) is 18.5 Å². The van der Waals surface area contributed by atoms with E-state index in [9.17, 15) is 5.11 Å². The molecule has 3 heterocycles. The number of ether oxygens (including phenoxy) is 1. The molecule has 2 aromatic heterocycles. The van der Waals surface area contributed by atoms with Crippen LogP contribution in [-0.4, -0.2) is 69.0 Å². The molecule has 0 amide bonds. The third-order valence-corrected chi connectivity index (χ3v) is 8.03. The summed E-state index contributed by atoms with van der Waals surface area (Å²) in [6, 6.07) is 16.8. The van der Waals surface area contributed by atoms with Crippen LogP contribution >= 0.6 is 22.9 Å². The van der Waals surface area contributed by atoms with E-state index in [1.54, 1.807) is 0 Å². The Hall–Kier alpha value is -3.11. The number of β-amino-alcohol motifs (C(OH)–C–C–N with tert-alkyl or cyclic N) is 1. The van der Waals surface area contributed by atoms with Crippen LogP contribution in [-0.2, 0) is 9.59 Å². The van der Waals surface area contributed by atoms with Gasteiger partial charge in [-0.2, -0.15) is 0 Å². The number of piperidine rings is 1. The van der Waals surface area contributed by atoms with Crippen LogP contribution < -0.4 is 4.74 Å². The average Bonchev–Trinajstić information content (AvgIpc) is 3.51. The Labute approximate surface area is 223 Å². The van der Waals surface area contributed by atoms with Gasteiger partial charge in [-0.1, -0.05) is 23.7 Å². The van der Waals surface area contributed by atoms with Crippen LogP contribution in [0.15, 0.2) is 54.7 Å². The topological polar surface area (TPSA) is 123 Å². The zero-order chi connectivity index (χ0) is 26.5. The first-order valence-corrected chi connectivity index (χ1v) is 13.2. The van der Waals surface area contributed by atoms with Crippen molar-refractivity contribution < 1.29 is 29.6 Å². The number of rotatable bonds is 6. The Balaban J connectivity index is 0.000000480. The number of aromatic nitrogens is 1. The molecule has 1 saturated heterocycles. The van der Waals surface area contributed by atoms with Crippen molar-refractivity contribution in [2.24, 2.45) is 0 Å². The van der Waals surface area contributed by atoms with Gasteiger partial charge < -0.3 is 25.0 Å². The van der Waals surface area contributed by atoms with Crippen molar-refractivity contribution in [2.45, 2.75) is 37.8 Å². The minimum Gasteiger partial charge on any atom is -0.490 e. The van der Waals surface area contributed by atoms with Crippen LogP contribution in [0.2, 0.25) is 5.02 Å². The van der Waals surface area contributed by atoms with Crippen LogP contribution in [0.4, 0.5) is 0 Å². The van der Waals surface area contributed by atoms with Crippen molar-refractivity contribution in [2.75, 3.05) is 19.7 Å². The first kappa shape index (κ1) is 26.9. The Morgan fingerprint density at radius 3 is 2.70 bits per heavy atom. The number of H-pyrrole nitrogens is 1. The van der Waals surface area contributed by atoms with Crippen LogP contribution in [0.5, 0.6) is 5.75 Å². The highest BCUT2D eigenvalue weighted by molar-refractivity contribution is 7.19. The number of aliphatic hydroxyl groups is 1. The van der Waals surface area contributed by atoms with Crippen molar-refractivity contribution in [3.05, 3.63) is 64.6 Å². The number of hydrogen-bond acceptors (Lipinski definition) is 6. The van der Waals surface area contributed by atoms with Gasteiger partial charge in [0.2, 0.25) is 0 Å². The molecule has 0 radical (unpaired) electrons. The Bertz CT molecular complexity index is 1370. The first-order valence-electron chi connectivity index (χ1n) is 12.0. The van der Waals surface area contributed by atoms with E-state index in [0.717, 1.165) is 41.1 Å². The predicted octanol–water partition coefficient (Wildman–Crippen LogP) is 5.20. The molecule has 0 spiro atoms. The lowest BCUT2D eigenvalue weighted by Gasteiger charge is -2.38. The summed E-state index contributed by atoms with van der Waals surface area (Å²) in [5, 5.41) is 28.5. The highest BCUT2D eigenvalue weighted by atomic mass is 35.5. The number of hydrogen-bond donors (Lipinski definition) is 4. The number of benzene rings is 2.